The number of ketones is 1. The summed E-state index contributed by atoms with van der Waals surface area (Å²) in [5.74, 6) is -0.466. The quantitative estimate of drug-likeness (QED) is 0.676. The number of ether oxygens (including phenoxy) is 1. The van der Waals surface area contributed by atoms with Crippen LogP contribution >= 0.6 is 0 Å². The maximum absolute atomic E-state index is 11.8. The van der Waals surface area contributed by atoms with Gasteiger partial charge in [0, 0.05) is 13.0 Å². The van der Waals surface area contributed by atoms with Crippen molar-refractivity contribution in [2.24, 2.45) is 0 Å². The van der Waals surface area contributed by atoms with Gasteiger partial charge in [-0.25, -0.2) is 0 Å². The fourth-order valence-corrected chi connectivity index (χ4v) is 1.07. The lowest BCUT2D eigenvalue weighted by Gasteiger charge is -2.14. The van der Waals surface area contributed by atoms with E-state index in [-0.39, 0.29) is 0 Å². The van der Waals surface area contributed by atoms with Crippen LogP contribution in [-0.4, -0.2) is 24.7 Å². The van der Waals surface area contributed by atoms with E-state index in [1.165, 1.54) is 0 Å². The van der Waals surface area contributed by atoms with Gasteiger partial charge < -0.3 is 4.74 Å². The van der Waals surface area contributed by atoms with Gasteiger partial charge >= 0.3 is 6.18 Å². The Morgan fingerprint density at radius 3 is 2.29 bits per heavy atom. The molecule has 0 radical (unpaired) electrons. The Labute approximate surface area is 81.4 Å². The van der Waals surface area contributed by atoms with Crippen LogP contribution in [0.1, 0.15) is 33.1 Å². The Kier molecular flexibility index (Phi) is 5.76. The smallest absolute Gasteiger partial charge is 0.371 e. The van der Waals surface area contributed by atoms with Gasteiger partial charge in [-0.05, 0) is 13.3 Å². The van der Waals surface area contributed by atoms with Crippen LogP contribution in [0.15, 0.2) is 0 Å². The Morgan fingerprint density at radius 2 is 1.93 bits per heavy atom. The van der Waals surface area contributed by atoms with Gasteiger partial charge in [-0.1, -0.05) is 6.92 Å². The monoisotopic (exact) mass is 212 g/mol. The number of carbonyl (C=O) groups excluding carboxylic acids is 1. The Bertz CT molecular complexity index is 177. The molecule has 0 rings (SSSR count). The Balaban J connectivity index is 3.93. The molecule has 0 saturated carbocycles. The van der Waals surface area contributed by atoms with Crippen LogP contribution in [0, 0.1) is 0 Å². The first kappa shape index (κ1) is 13.4. The van der Waals surface area contributed by atoms with E-state index >= 15 is 0 Å². The van der Waals surface area contributed by atoms with Crippen LogP contribution in [-0.2, 0) is 9.53 Å². The van der Waals surface area contributed by atoms with Crippen LogP contribution in [0.2, 0.25) is 0 Å². The molecule has 0 amide bonds. The van der Waals surface area contributed by atoms with Crippen molar-refractivity contribution < 1.29 is 22.7 Å². The lowest BCUT2D eigenvalue weighted by Crippen LogP contribution is -2.25. The van der Waals surface area contributed by atoms with E-state index in [1.54, 1.807) is 13.8 Å². The zero-order valence-corrected chi connectivity index (χ0v) is 8.36. The number of alkyl halides is 3. The van der Waals surface area contributed by atoms with Crippen LogP contribution in [0.3, 0.4) is 0 Å². The molecule has 0 bridgehead atoms. The number of rotatable bonds is 6. The average molecular weight is 212 g/mol. The molecular weight excluding hydrogens is 197 g/mol. The number of halogens is 3. The van der Waals surface area contributed by atoms with Crippen molar-refractivity contribution in [3.63, 3.8) is 0 Å². The maximum Gasteiger partial charge on any atom is 0.389 e. The normalized spacial score (nSPS) is 14.1. The summed E-state index contributed by atoms with van der Waals surface area (Å²) in [6.07, 6.45) is -6.07. The molecule has 0 spiro atoms. The first-order valence-corrected chi connectivity index (χ1v) is 4.61. The van der Waals surface area contributed by atoms with Crippen molar-refractivity contribution in [2.45, 2.75) is 45.4 Å². The molecule has 0 heterocycles. The fraction of sp³-hybridized carbons (Fsp3) is 0.889. The highest BCUT2D eigenvalue weighted by Gasteiger charge is 2.29. The van der Waals surface area contributed by atoms with Gasteiger partial charge in [-0.3, -0.25) is 4.79 Å². The third kappa shape index (κ3) is 5.96. The third-order valence-corrected chi connectivity index (χ3v) is 1.75. The molecule has 0 aliphatic carbocycles. The lowest BCUT2D eigenvalue weighted by molar-refractivity contribution is -0.148. The van der Waals surface area contributed by atoms with Gasteiger partial charge in [0.15, 0.2) is 5.78 Å². The summed E-state index contributed by atoms with van der Waals surface area (Å²) >= 11 is 0. The topological polar surface area (TPSA) is 26.3 Å². The van der Waals surface area contributed by atoms with E-state index in [2.05, 4.69) is 0 Å². The van der Waals surface area contributed by atoms with Gasteiger partial charge in [0.05, 0.1) is 6.42 Å². The molecule has 0 aromatic carbocycles. The first-order valence-electron chi connectivity index (χ1n) is 4.61. The summed E-state index contributed by atoms with van der Waals surface area (Å²) in [6.45, 7) is 3.77. The van der Waals surface area contributed by atoms with Crippen LogP contribution in [0.25, 0.3) is 0 Å². The van der Waals surface area contributed by atoms with E-state index in [4.69, 9.17) is 4.74 Å². The maximum atomic E-state index is 11.8. The second kappa shape index (κ2) is 6.01. The minimum absolute atomic E-state index is 0.344. The predicted molar refractivity (Wildman–Crippen MR) is 46.0 cm³/mol. The molecule has 1 unspecified atom stereocenters. The molecule has 5 heteroatoms. The van der Waals surface area contributed by atoms with Gasteiger partial charge in [-0.15, -0.1) is 0 Å². The van der Waals surface area contributed by atoms with Crippen molar-refractivity contribution in [1.82, 2.24) is 0 Å². The summed E-state index contributed by atoms with van der Waals surface area (Å²) in [5, 5.41) is 0. The molecule has 0 fully saturated rings. The van der Waals surface area contributed by atoms with Crippen molar-refractivity contribution in [2.75, 3.05) is 6.61 Å². The zero-order chi connectivity index (χ0) is 11.2. The van der Waals surface area contributed by atoms with E-state index in [1.807, 2.05) is 0 Å². The summed E-state index contributed by atoms with van der Waals surface area (Å²) in [5.41, 5.74) is 0. The highest BCUT2D eigenvalue weighted by molar-refractivity contribution is 5.83. The molecule has 0 aliphatic rings. The van der Waals surface area contributed by atoms with Gasteiger partial charge in [0.25, 0.3) is 0 Å². The molecule has 1 atom stereocenters. The van der Waals surface area contributed by atoms with Crippen molar-refractivity contribution in [1.29, 1.82) is 0 Å². The molecule has 14 heavy (non-hydrogen) atoms. The summed E-state index contributed by atoms with van der Waals surface area (Å²) < 4.78 is 40.3. The van der Waals surface area contributed by atoms with Gasteiger partial charge in [-0.2, -0.15) is 13.2 Å². The second-order valence-corrected chi connectivity index (χ2v) is 2.93. The number of Topliss-reactive ketones (excluding diaryl/α,β-unsaturated/α-hetero) is 1. The third-order valence-electron chi connectivity index (χ3n) is 1.75. The van der Waals surface area contributed by atoms with Crippen molar-refractivity contribution in [3.05, 3.63) is 0 Å². The van der Waals surface area contributed by atoms with Crippen LogP contribution in [0.5, 0.6) is 0 Å². The van der Waals surface area contributed by atoms with E-state index < -0.39 is 30.9 Å². The molecule has 0 aromatic heterocycles. The standard InChI is InChI=1S/C9H15F3O2/c1-3-8(14-4-2)7(13)5-6-9(10,11)12/h8H,3-6H2,1-2H3. The van der Waals surface area contributed by atoms with Crippen LogP contribution < -0.4 is 0 Å². The zero-order valence-electron chi connectivity index (χ0n) is 8.36. The molecule has 0 saturated heterocycles. The largest absolute Gasteiger partial charge is 0.389 e. The van der Waals surface area contributed by atoms with Crippen molar-refractivity contribution >= 4 is 5.78 Å². The second-order valence-electron chi connectivity index (χ2n) is 2.93. The molecule has 2 nitrogen and oxygen atoms in total. The summed E-state index contributed by atoms with van der Waals surface area (Å²) in [4.78, 5) is 11.2. The Hall–Kier alpha value is -0.580. The fourth-order valence-electron chi connectivity index (χ4n) is 1.07. The Morgan fingerprint density at radius 1 is 1.36 bits per heavy atom. The number of hydrogen-bond donors (Lipinski definition) is 0. The minimum Gasteiger partial charge on any atom is -0.371 e. The predicted octanol–water partition coefficient (Wildman–Crippen LogP) is 2.71. The summed E-state index contributed by atoms with van der Waals surface area (Å²) in [7, 11) is 0. The van der Waals surface area contributed by atoms with E-state index in [0.717, 1.165) is 0 Å². The molecule has 0 N–H and O–H groups in total. The molecule has 0 aromatic rings. The van der Waals surface area contributed by atoms with Gasteiger partial charge in [0.2, 0.25) is 0 Å². The van der Waals surface area contributed by atoms with E-state index in [9.17, 15) is 18.0 Å². The first-order chi connectivity index (χ1) is 6.40. The lowest BCUT2D eigenvalue weighted by atomic mass is 10.1. The molecule has 0 aliphatic heterocycles. The number of hydrogen-bond acceptors (Lipinski definition) is 2. The summed E-state index contributed by atoms with van der Waals surface area (Å²) in [6, 6.07) is 0. The molecule has 84 valence electrons. The highest BCUT2D eigenvalue weighted by atomic mass is 19.4. The SMILES string of the molecule is CCOC(CC)C(=O)CCC(F)(F)F. The van der Waals surface area contributed by atoms with Crippen LogP contribution in [0.4, 0.5) is 13.2 Å². The van der Waals surface area contributed by atoms with Crippen molar-refractivity contribution in [3.8, 4) is 0 Å². The van der Waals surface area contributed by atoms with E-state index in [0.29, 0.717) is 13.0 Å². The average Bonchev–Trinajstić information content (AvgIpc) is 2.09. The molecular formula is C9H15F3O2. The minimum atomic E-state index is -4.26. The highest BCUT2D eigenvalue weighted by Crippen LogP contribution is 2.22. The van der Waals surface area contributed by atoms with Gasteiger partial charge in [0.1, 0.15) is 6.10 Å². The number of carbonyl (C=O) groups is 1.